The van der Waals surface area contributed by atoms with E-state index in [1.807, 2.05) is 7.05 Å². The molecule has 2 N–H and O–H groups in total. The lowest BCUT2D eigenvalue weighted by Gasteiger charge is -2.07. The average molecular weight is 371 g/mol. The van der Waals surface area contributed by atoms with Crippen molar-refractivity contribution in [1.29, 1.82) is 0 Å². The number of carbonyl (C=O) groups excluding carboxylic acids is 1. The number of rotatable bonds is 8. The second-order valence-corrected chi connectivity index (χ2v) is 3.84. The first-order valence-corrected chi connectivity index (χ1v) is 6.19. The van der Waals surface area contributed by atoms with Gasteiger partial charge in [0.15, 0.2) is 5.96 Å². The molecule has 0 aliphatic heterocycles. The molecule has 0 amide bonds. The normalized spacial score (nSPS) is 10.5. The van der Waals surface area contributed by atoms with Gasteiger partial charge in [-0.1, -0.05) is 19.3 Å². The van der Waals surface area contributed by atoms with Crippen molar-refractivity contribution >= 4 is 35.9 Å². The van der Waals surface area contributed by atoms with Gasteiger partial charge in [-0.3, -0.25) is 9.79 Å². The number of unbranched alkanes of at least 4 members (excludes halogenated alkanes) is 4. The Morgan fingerprint density at radius 3 is 2.33 bits per heavy atom. The third-order valence-corrected chi connectivity index (χ3v) is 2.54. The number of aliphatic imine (C=N–C) groups is 1. The highest BCUT2D eigenvalue weighted by molar-refractivity contribution is 14.0. The van der Waals surface area contributed by atoms with Crippen LogP contribution in [-0.2, 0) is 9.53 Å². The van der Waals surface area contributed by atoms with E-state index < -0.39 is 0 Å². The number of esters is 1. The molecule has 0 aliphatic rings. The van der Waals surface area contributed by atoms with Crippen molar-refractivity contribution in [3.63, 3.8) is 0 Å². The highest BCUT2D eigenvalue weighted by Crippen LogP contribution is 2.05. The van der Waals surface area contributed by atoms with E-state index in [4.69, 9.17) is 0 Å². The number of methoxy groups -OCH3 is 1. The number of carbonyl (C=O) groups is 1. The maximum Gasteiger partial charge on any atom is 0.305 e. The summed E-state index contributed by atoms with van der Waals surface area (Å²) in [7, 11) is 5.04. The van der Waals surface area contributed by atoms with Gasteiger partial charge in [-0.15, -0.1) is 24.0 Å². The molecule has 0 radical (unpaired) electrons. The number of ether oxygens (including phenoxy) is 1. The van der Waals surface area contributed by atoms with Crippen molar-refractivity contribution in [3.05, 3.63) is 0 Å². The van der Waals surface area contributed by atoms with Crippen molar-refractivity contribution in [2.24, 2.45) is 4.99 Å². The molecular formula is C12H26IN3O2. The van der Waals surface area contributed by atoms with Crippen LogP contribution in [0.2, 0.25) is 0 Å². The first-order valence-electron chi connectivity index (χ1n) is 6.19. The fourth-order valence-electron chi connectivity index (χ4n) is 1.51. The molecule has 6 heteroatoms. The summed E-state index contributed by atoms with van der Waals surface area (Å²) in [5.74, 6) is 0.722. The molecule has 0 aromatic carbocycles. The Labute approximate surface area is 127 Å². The van der Waals surface area contributed by atoms with Crippen LogP contribution in [-0.4, -0.2) is 39.7 Å². The predicted octanol–water partition coefficient (Wildman–Crippen LogP) is 1.91. The minimum absolute atomic E-state index is 0. The lowest BCUT2D eigenvalue weighted by Crippen LogP contribution is -2.35. The molecule has 0 aromatic heterocycles. The van der Waals surface area contributed by atoms with Gasteiger partial charge >= 0.3 is 5.97 Å². The Hall–Kier alpha value is -0.530. The fraction of sp³-hybridized carbons (Fsp3) is 0.833. The van der Waals surface area contributed by atoms with Gasteiger partial charge in [-0.2, -0.15) is 0 Å². The minimum Gasteiger partial charge on any atom is -0.469 e. The van der Waals surface area contributed by atoms with Gasteiger partial charge in [-0.25, -0.2) is 0 Å². The monoisotopic (exact) mass is 371 g/mol. The van der Waals surface area contributed by atoms with Crippen LogP contribution in [0.15, 0.2) is 4.99 Å². The standard InChI is InChI=1S/C12H25N3O2.HI/c1-13-12(14-2)15-10-8-6-4-5-7-9-11(16)17-3;/h4-10H2,1-3H3,(H2,13,14,15);1H. The maximum absolute atomic E-state index is 10.8. The molecule has 18 heavy (non-hydrogen) atoms. The van der Waals surface area contributed by atoms with Crippen molar-refractivity contribution in [1.82, 2.24) is 10.6 Å². The summed E-state index contributed by atoms with van der Waals surface area (Å²) in [6.45, 7) is 0.935. The van der Waals surface area contributed by atoms with Crippen LogP contribution in [0, 0.1) is 0 Å². The first-order chi connectivity index (χ1) is 8.24. The SMILES string of the molecule is CN=C(NC)NCCCCCCCC(=O)OC.I. The Morgan fingerprint density at radius 2 is 1.78 bits per heavy atom. The summed E-state index contributed by atoms with van der Waals surface area (Å²) in [5, 5.41) is 6.17. The summed E-state index contributed by atoms with van der Waals surface area (Å²) in [4.78, 5) is 14.9. The smallest absolute Gasteiger partial charge is 0.305 e. The first kappa shape index (κ1) is 19.8. The highest BCUT2D eigenvalue weighted by Gasteiger charge is 1.99. The van der Waals surface area contributed by atoms with E-state index in [2.05, 4.69) is 20.4 Å². The van der Waals surface area contributed by atoms with E-state index >= 15 is 0 Å². The van der Waals surface area contributed by atoms with Crippen LogP contribution < -0.4 is 10.6 Å². The van der Waals surface area contributed by atoms with Gasteiger partial charge in [0.2, 0.25) is 0 Å². The van der Waals surface area contributed by atoms with E-state index in [0.29, 0.717) is 6.42 Å². The van der Waals surface area contributed by atoms with Gasteiger partial charge in [0.05, 0.1) is 7.11 Å². The van der Waals surface area contributed by atoms with E-state index in [1.54, 1.807) is 7.05 Å². The number of nitrogens with zero attached hydrogens (tertiary/aromatic N) is 1. The molecule has 0 fully saturated rings. The zero-order valence-electron chi connectivity index (χ0n) is 11.6. The molecule has 0 spiro atoms. The van der Waals surface area contributed by atoms with Gasteiger partial charge < -0.3 is 15.4 Å². The summed E-state index contributed by atoms with van der Waals surface area (Å²) < 4.78 is 4.58. The lowest BCUT2D eigenvalue weighted by atomic mass is 10.1. The molecule has 0 aliphatic carbocycles. The molecule has 0 unspecified atom stereocenters. The maximum atomic E-state index is 10.8. The van der Waals surface area contributed by atoms with E-state index in [9.17, 15) is 4.79 Å². The number of hydrogen-bond acceptors (Lipinski definition) is 3. The Kier molecular flexibility index (Phi) is 16.0. The minimum atomic E-state index is -0.107. The average Bonchev–Trinajstić information content (AvgIpc) is 2.36. The molecule has 0 saturated carbocycles. The predicted molar refractivity (Wildman–Crippen MR) is 85.6 cm³/mol. The molecule has 0 heterocycles. The molecule has 0 atom stereocenters. The Balaban J connectivity index is 0. The largest absolute Gasteiger partial charge is 0.469 e. The summed E-state index contributed by atoms with van der Waals surface area (Å²) in [6, 6.07) is 0. The quantitative estimate of drug-likeness (QED) is 0.225. The third-order valence-electron chi connectivity index (χ3n) is 2.54. The van der Waals surface area contributed by atoms with E-state index in [0.717, 1.165) is 38.2 Å². The zero-order valence-corrected chi connectivity index (χ0v) is 14.0. The van der Waals surface area contributed by atoms with Crippen LogP contribution in [0.4, 0.5) is 0 Å². The number of hydrogen-bond donors (Lipinski definition) is 2. The lowest BCUT2D eigenvalue weighted by molar-refractivity contribution is -0.140. The second-order valence-electron chi connectivity index (χ2n) is 3.84. The van der Waals surface area contributed by atoms with Crippen LogP contribution in [0.3, 0.4) is 0 Å². The number of halogens is 1. The van der Waals surface area contributed by atoms with Crippen molar-refractivity contribution in [3.8, 4) is 0 Å². The number of nitrogens with one attached hydrogen (secondary N) is 2. The van der Waals surface area contributed by atoms with Gasteiger partial charge in [0, 0.05) is 27.1 Å². The van der Waals surface area contributed by atoms with Gasteiger partial charge in [0.1, 0.15) is 0 Å². The zero-order chi connectivity index (χ0) is 12.9. The number of guanidine groups is 1. The molecule has 108 valence electrons. The molecule has 0 aromatic rings. The topological polar surface area (TPSA) is 62.7 Å². The van der Waals surface area contributed by atoms with Crippen molar-refractivity contribution in [2.75, 3.05) is 27.7 Å². The Morgan fingerprint density at radius 1 is 1.17 bits per heavy atom. The fourth-order valence-corrected chi connectivity index (χ4v) is 1.51. The molecule has 5 nitrogen and oxygen atoms in total. The second kappa shape index (κ2) is 14.5. The van der Waals surface area contributed by atoms with E-state index in [1.165, 1.54) is 13.5 Å². The highest BCUT2D eigenvalue weighted by atomic mass is 127. The van der Waals surface area contributed by atoms with Gasteiger partial charge in [-0.05, 0) is 12.8 Å². The molecular weight excluding hydrogens is 345 g/mol. The van der Waals surface area contributed by atoms with Crippen molar-refractivity contribution < 1.29 is 9.53 Å². The summed E-state index contributed by atoms with van der Waals surface area (Å²) >= 11 is 0. The summed E-state index contributed by atoms with van der Waals surface area (Å²) in [6.07, 6.45) is 6.03. The van der Waals surface area contributed by atoms with Crippen molar-refractivity contribution in [2.45, 2.75) is 38.5 Å². The molecule has 0 bridgehead atoms. The molecule has 0 rings (SSSR count). The Bertz CT molecular complexity index is 235. The van der Waals surface area contributed by atoms with Crippen LogP contribution >= 0.6 is 24.0 Å². The van der Waals surface area contributed by atoms with Crippen LogP contribution in [0.1, 0.15) is 38.5 Å². The van der Waals surface area contributed by atoms with Crippen LogP contribution in [0.25, 0.3) is 0 Å². The van der Waals surface area contributed by atoms with Crippen LogP contribution in [0.5, 0.6) is 0 Å². The molecule has 0 saturated heterocycles. The van der Waals surface area contributed by atoms with E-state index in [-0.39, 0.29) is 29.9 Å². The third kappa shape index (κ3) is 11.9. The van der Waals surface area contributed by atoms with Gasteiger partial charge in [0.25, 0.3) is 0 Å². The summed E-state index contributed by atoms with van der Waals surface area (Å²) in [5.41, 5.74) is 0.